The van der Waals surface area contributed by atoms with Crippen molar-refractivity contribution in [2.75, 3.05) is 19.7 Å². The van der Waals surface area contributed by atoms with Crippen molar-refractivity contribution in [3.63, 3.8) is 0 Å². The largest absolute Gasteiger partial charge is 0.493 e. The van der Waals surface area contributed by atoms with Gasteiger partial charge in [-0.1, -0.05) is 24.3 Å². The molecule has 3 heterocycles. The van der Waals surface area contributed by atoms with E-state index in [1.54, 1.807) is 18.3 Å². The number of H-pyrrole nitrogens is 1. The van der Waals surface area contributed by atoms with Gasteiger partial charge in [0.2, 0.25) is 0 Å². The first kappa shape index (κ1) is 22.8. The quantitative estimate of drug-likeness (QED) is 0.397. The number of carbonyl (C=O) groups excluding carboxylic acids is 1. The molecular formula is C27H27FN4O3. The van der Waals surface area contributed by atoms with Crippen LogP contribution in [0.25, 0.3) is 11.3 Å². The molecule has 0 saturated carbocycles. The number of piperidine rings is 1. The predicted octanol–water partition coefficient (Wildman–Crippen LogP) is 5.21. The minimum Gasteiger partial charge on any atom is -0.493 e. The number of para-hydroxylation sites is 1. The maximum atomic E-state index is 13.5. The SMILES string of the molecule is CCOc1ccccc1-c1cc(C(=O)N2CCCC(c3ncc(Cc4cccc(F)c4)o3)C2)[nH]n1. The monoisotopic (exact) mass is 474 g/mol. The van der Waals surface area contributed by atoms with Crippen LogP contribution in [0.5, 0.6) is 5.75 Å². The van der Waals surface area contributed by atoms with Crippen molar-refractivity contribution in [3.05, 3.63) is 89.5 Å². The molecule has 35 heavy (non-hydrogen) atoms. The van der Waals surface area contributed by atoms with Crippen LogP contribution in [-0.2, 0) is 6.42 Å². The molecule has 1 unspecified atom stereocenters. The van der Waals surface area contributed by atoms with Gasteiger partial charge in [0.1, 0.15) is 23.0 Å². The van der Waals surface area contributed by atoms with Crippen molar-refractivity contribution in [1.29, 1.82) is 0 Å². The van der Waals surface area contributed by atoms with E-state index in [9.17, 15) is 9.18 Å². The van der Waals surface area contributed by atoms with Gasteiger partial charge in [0, 0.05) is 25.1 Å². The molecule has 7 nitrogen and oxygen atoms in total. The third-order valence-electron chi connectivity index (χ3n) is 6.17. The van der Waals surface area contributed by atoms with Crippen LogP contribution in [0, 0.1) is 5.82 Å². The highest BCUT2D eigenvalue weighted by Gasteiger charge is 2.29. The molecule has 0 bridgehead atoms. The zero-order valence-electron chi connectivity index (χ0n) is 19.5. The Kier molecular flexibility index (Phi) is 6.61. The minimum absolute atomic E-state index is 0.00929. The number of likely N-dealkylation sites (tertiary alicyclic amines) is 1. The Morgan fingerprint density at radius 1 is 1.23 bits per heavy atom. The fourth-order valence-corrected chi connectivity index (χ4v) is 4.50. The van der Waals surface area contributed by atoms with E-state index in [1.165, 1.54) is 12.1 Å². The second kappa shape index (κ2) is 10.1. The smallest absolute Gasteiger partial charge is 0.271 e. The molecule has 1 saturated heterocycles. The summed E-state index contributed by atoms with van der Waals surface area (Å²) in [5.74, 6) is 1.66. The molecule has 0 aliphatic carbocycles. The van der Waals surface area contributed by atoms with E-state index in [0.29, 0.717) is 49.2 Å². The molecule has 1 N–H and O–H groups in total. The first-order valence-corrected chi connectivity index (χ1v) is 11.9. The molecule has 1 aliphatic heterocycles. The van der Waals surface area contributed by atoms with Gasteiger partial charge < -0.3 is 14.1 Å². The summed E-state index contributed by atoms with van der Waals surface area (Å²) < 4.78 is 25.2. The number of aromatic amines is 1. The van der Waals surface area contributed by atoms with E-state index in [1.807, 2.05) is 42.2 Å². The average Bonchev–Trinajstić information content (AvgIpc) is 3.55. The molecular weight excluding hydrogens is 447 g/mol. The third kappa shape index (κ3) is 5.11. The Morgan fingerprint density at radius 3 is 2.97 bits per heavy atom. The number of aromatic nitrogens is 3. The number of nitrogens with zero attached hydrogens (tertiary/aromatic N) is 3. The third-order valence-corrected chi connectivity index (χ3v) is 6.17. The average molecular weight is 475 g/mol. The molecule has 1 atom stereocenters. The van der Waals surface area contributed by atoms with Crippen molar-refractivity contribution in [2.24, 2.45) is 0 Å². The zero-order chi connectivity index (χ0) is 24.2. The number of rotatable bonds is 7. The summed E-state index contributed by atoms with van der Waals surface area (Å²) in [5.41, 5.74) is 2.77. The molecule has 8 heteroatoms. The van der Waals surface area contributed by atoms with Crippen molar-refractivity contribution in [3.8, 4) is 17.0 Å². The fraction of sp³-hybridized carbons (Fsp3) is 0.296. The summed E-state index contributed by atoms with van der Waals surface area (Å²) in [7, 11) is 0. The number of amides is 1. The van der Waals surface area contributed by atoms with E-state index in [0.717, 1.165) is 29.7 Å². The molecule has 1 aliphatic rings. The van der Waals surface area contributed by atoms with E-state index in [2.05, 4.69) is 15.2 Å². The van der Waals surface area contributed by atoms with Gasteiger partial charge in [0.05, 0.1) is 24.4 Å². The Hall–Kier alpha value is -3.94. The lowest BCUT2D eigenvalue weighted by Gasteiger charge is -2.30. The van der Waals surface area contributed by atoms with Crippen molar-refractivity contribution in [1.82, 2.24) is 20.1 Å². The van der Waals surface area contributed by atoms with Crippen LogP contribution in [-0.4, -0.2) is 45.7 Å². The zero-order valence-corrected chi connectivity index (χ0v) is 19.5. The molecule has 5 rings (SSSR count). The Labute approximate surface area is 202 Å². The Morgan fingerprint density at radius 2 is 2.11 bits per heavy atom. The second-order valence-electron chi connectivity index (χ2n) is 8.66. The molecule has 0 radical (unpaired) electrons. The lowest BCUT2D eigenvalue weighted by molar-refractivity contribution is 0.0692. The molecule has 1 fully saturated rings. The number of nitrogens with one attached hydrogen (secondary N) is 1. The number of carbonyl (C=O) groups is 1. The highest BCUT2D eigenvalue weighted by atomic mass is 19.1. The summed E-state index contributed by atoms with van der Waals surface area (Å²) in [6, 6.07) is 15.9. The molecule has 4 aromatic rings. The number of halogens is 1. The van der Waals surface area contributed by atoms with Crippen LogP contribution in [0.15, 0.2) is 65.2 Å². The Bertz CT molecular complexity index is 1320. The summed E-state index contributed by atoms with van der Waals surface area (Å²) in [5, 5.41) is 7.26. The van der Waals surface area contributed by atoms with Gasteiger partial charge in [-0.2, -0.15) is 5.10 Å². The van der Waals surface area contributed by atoms with Crippen LogP contribution < -0.4 is 4.74 Å². The topological polar surface area (TPSA) is 84.2 Å². The first-order chi connectivity index (χ1) is 17.1. The maximum Gasteiger partial charge on any atom is 0.271 e. The molecule has 0 spiro atoms. The van der Waals surface area contributed by atoms with Gasteiger partial charge >= 0.3 is 0 Å². The van der Waals surface area contributed by atoms with Crippen LogP contribution in [0.3, 0.4) is 0 Å². The van der Waals surface area contributed by atoms with Gasteiger partial charge in [0.15, 0.2) is 5.89 Å². The van der Waals surface area contributed by atoms with E-state index < -0.39 is 0 Å². The Balaban J connectivity index is 1.27. The van der Waals surface area contributed by atoms with Crippen LogP contribution in [0.2, 0.25) is 0 Å². The van der Waals surface area contributed by atoms with E-state index in [-0.39, 0.29) is 17.6 Å². The van der Waals surface area contributed by atoms with E-state index in [4.69, 9.17) is 9.15 Å². The van der Waals surface area contributed by atoms with Gasteiger partial charge in [-0.05, 0) is 55.7 Å². The van der Waals surface area contributed by atoms with Gasteiger partial charge in [-0.15, -0.1) is 0 Å². The lowest BCUT2D eigenvalue weighted by Crippen LogP contribution is -2.39. The first-order valence-electron chi connectivity index (χ1n) is 11.9. The maximum absolute atomic E-state index is 13.5. The van der Waals surface area contributed by atoms with Crippen LogP contribution in [0.1, 0.15) is 53.4 Å². The van der Waals surface area contributed by atoms with Crippen molar-refractivity contribution in [2.45, 2.75) is 32.1 Å². The van der Waals surface area contributed by atoms with Crippen LogP contribution >= 0.6 is 0 Å². The fourth-order valence-electron chi connectivity index (χ4n) is 4.50. The normalized spacial score (nSPS) is 15.8. The summed E-state index contributed by atoms with van der Waals surface area (Å²) in [6.07, 6.45) is 3.91. The van der Waals surface area contributed by atoms with Gasteiger partial charge in [0.25, 0.3) is 5.91 Å². The van der Waals surface area contributed by atoms with Gasteiger partial charge in [-0.3, -0.25) is 9.89 Å². The minimum atomic E-state index is -0.271. The highest BCUT2D eigenvalue weighted by Crippen LogP contribution is 2.31. The van der Waals surface area contributed by atoms with Gasteiger partial charge in [-0.25, -0.2) is 9.37 Å². The second-order valence-corrected chi connectivity index (χ2v) is 8.66. The van der Waals surface area contributed by atoms with Crippen molar-refractivity contribution >= 4 is 5.91 Å². The highest BCUT2D eigenvalue weighted by molar-refractivity contribution is 5.93. The number of oxazole rings is 1. The molecule has 180 valence electrons. The lowest BCUT2D eigenvalue weighted by atomic mass is 9.97. The molecule has 1 amide bonds. The van der Waals surface area contributed by atoms with Crippen molar-refractivity contribution < 1.29 is 18.3 Å². The molecule has 2 aromatic heterocycles. The summed E-state index contributed by atoms with van der Waals surface area (Å²) >= 11 is 0. The number of ether oxygens (including phenoxy) is 1. The summed E-state index contributed by atoms with van der Waals surface area (Å²) in [6.45, 7) is 3.66. The van der Waals surface area contributed by atoms with Crippen LogP contribution in [0.4, 0.5) is 4.39 Å². The number of hydrogen-bond donors (Lipinski definition) is 1. The number of benzene rings is 2. The number of hydrogen-bond acceptors (Lipinski definition) is 5. The summed E-state index contributed by atoms with van der Waals surface area (Å²) in [4.78, 5) is 19.5. The molecule has 2 aromatic carbocycles. The predicted molar refractivity (Wildman–Crippen MR) is 129 cm³/mol. The van der Waals surface area contributed by atoms with E-state index >= 15 is 0 Å². The standard InChI is InChI=1S/C27H27FN4O3/c1-2-34-25-11-4-3-10-22(25)23-15-24(31-30-23)27(33)32-12-6-8-19(17-32)26-29-16-21(35-26)14-18-7-5-9-20(28)13-18/h3-5,7,9-11,13,15-16,19H,2,6,8,12,14,17H2,1H3,(H,30,31).